The van der Waals surface area contributed by atoms with E-state index in [1.54, 1.807) is 12.1 Å². The van der Waals surface area contributed by atoms with Crippen molar-refractivity contribution >= 4 is 17.3 Å². The number of hydrogen-bond acceptors (Lipinski definition) is 3. The van der Waals surface area contributed by atoms with Crippen molar-refractivity contribution in [2.45, 2.75) is 39.0 Å². The standard InChI is InChI=1S/C14H20ClNO3/c1-2-12-7-8-14(13(11-12)16(17)18)19-10-6-4-3-5-9-15/h7-8,11H,2-6,9-10H2,1H3. The third kappa shape index (κ3) is 5.47. The Hall–Kier alpha value is -1.29. The molecule has 0 amide bonds. The van der Waals surface area contributed by atoms with Gasteiger partial charge in [0.2, 0.25) is 0 Å². The van der Waals surface area contributed by atoms with Crippen LogP contribution in [0.5, 0.6) is 5.75 Å². The number of nitro groups is 1. The van der Waals surface area contributed by atoms with Crippen LogP contribution in [0.3, 0.4) is 0 Å². The monoisotopic (exact) mass is 285 g/mol. The first-order valence-corrected chi connectivity index (χ1v) is 7.18. The minimum Gasteiger partial charge on any atom is -0.487 e. The second-order valence-corrected chi connectivity index (χ2v) is 4.74. The predicted molar refractivity (Wildman–Crippen MR) is 77.2 cm³/mol. The van der Waals surface area contributed by atoms with Crippen molar-refractivity contribution in [2.75, 3.05) is 12.5 Å². The maximum atomic E-state index is 11.0. The summed E-state index contributed by atoms with van der Waals surface area (Å²) in [4.78, 5) is 10.6. The molecule has 0 aromatic heterocycles. The molecule has 0 saturated carbocycles. The van der Waals surface area contributed by atoms with Crippen LogP contribution >= 0.6 is 11.6 Å². The molecule has 1 aromatic carbocycles. The zero-order chi connectivity index (χ0) is 14.1. The van der Waals surface area contributed by atoms with Crippen LogP contribution in [0, 0.1) is 10.1 Å². The molecule has 0 unspecified atom stereocenters. The Balaban J connectivity index is 2.50. The molecule has 5 heteroatoms. The Kier molecular flexibility index (Phi) is 7.26. The van der Waals surface area contributed by atoms with Gasteiger partial charge in [0.1, 0.15) is 0 Å². The fourth-order valence-electron chi connectivity index (χ4n) is 1.78. The van der Waals surface area contributed by atoms with Crippen molar-refractivity contribution in [1.82, 2.24) is 0 Å². The van der Waals surface area contributed by atoms with E-state index in [2.05, 4.69) is 0 Å². The molecule has 1 rings (SSSR count). The van der Waals surface area contributed by atoms with Crippen LogP contribution in [0.4, 0.5) is 5.69 Å². The second kappa shape index (κ2) is 8.75. The fourth-order valence-corrected chi connectivity index (χ4v) is 1.97. The van der Waals surface area contributed by atoms with Gasteiger partial charge in [-0.2, -0.15) is 0 Å². The van der Waals surface area contributed by atoms with E-state index in [4.69, 9.17) is 16.3 Å². The molecule has 0 aliphatic rings. The molecular weight excluding hydrogens is 266 g/mol. The Morgan fingerprint density at radius 1 is 1.26 bits per heavy atom. The maximum absolute atomic E-state index is 11.0. The number of aryl methyl sites for hydroxylation is 1. The minimum absolute atomic E-state index is 0.0557. The number of nitro benzene ring substituents is 1. The Labute approximate surface area is 118 Å². The Morgan fingerprint density at radius 2 is 2.00 bits per heavy atom. The molecule has 19 heavy (non-hydrogen) atoms. The zero-order valence-electron chi connectivity index (χ0n) is 11.2. The molecular formula is C14H20ClNO3. The number of rotatable bonds is 9. The summed E-state index contributed by atoms with van der Waals surface area (Å²) in [5, 5.41) is 11.0. The summed E-state index contributed by atoms with van der Waals surface area (Å²) in [5.74, 6) is 1.05. The highest BCUT2D eigenvalue weighted by molar-refractivity contribution is 6.17. The van der Waals surface area contributed by atoms with Crippen molar-refractivity contribution in [3.63, 3.8) is 0 Å². The third-order valence-electron chi connectivity index (χ3n) is 2.91. The molecule has 4 nitrogen and oxygen atoms in total. The lowest BCUT2D eigenvalue weighted by Gasteiger charge is -2.07. The highest BCUT2D eigenvalue weighted by Crippen LogP contribution is 2.28. The van der Waals surface area contributed by atoms with Gasteiger partial charge in [0.15, 0.2) is 5.75 Å². The van der Waals surface area contributed by atoms with Gasteiger partial charge in [-0.15, -0.1) is 11.6 Å². The third-order valence-corrected chi connectivity index (χ3v) is 3.18. The molecule has 0 fully saturated rings. The molecule has 0 spiro atoms. The summed E-state index contributed by atoms with van der Waals surface area (Å²) in [6.45, 7) is 2.48. The summed E-state index contributed by atoms with van der Waals surface area (Å²) < 4.78 is 5.50. The summed E-state index contributed by atoms with van der Waals surface area (Å²) in [5.41, 5.74) is 1.00. The van der Waals surface area contributed by atoms with E-state index in [1.807, 2.05) is 13.0 Å². The number of ether oxygens (including phenoxy) is 1. The van der Waals surface area contributed by atoms with Crippen molar-refractivity contribution in [3.05, 3.63) is 33.9 Å². The normalized spacial score (nSPS) is 10.4. The van der Waals surface area contributed by atoms with Crippen LogP contribution in [0.2, 0.25) is 0 Å². The van der Waals surface area contributed by atoms with Crippen LogP contribution in [-0.2, 0) is 6.42 Å². The van der Waals surface area contributed by atoms with Crippen LogP contribution in [0.15, 0.2) is 18.2 Å². The second-order valence-electron chi connectivity index (χ2n) is 4.36. The van der Waals surface area contributed by atoms with E-state index < -0.39 is 0 Å². The lowest BCUT2D eigenvalue weighted by Crippen LogP contribution is -2.01. The fraction of sp³-hybridized carbons (Fsp3) is 0.571. The Bertz CT molecular complexity index is 410. The van der Waals surface area contributed by atoms with E-state index >= 15 is 0 Å². The van der Waals surface area contributed by atoms with Crippen molar-refractivity contribution in [2.24, 2.45) is 0 Å². The molecule has 0 heterocycles. The molecule has 0 aliphatic carbocycles. The van der Waals surface area contributed by atoms with Crippen molar-refractivity contribution in [3.8, 4) is 5.75 Å². The molecule has 0 bridgehead atoms. The zero-order valence-corrected chi connectivity index (χ0v) is 12.0. The van der Waals surface area contributed by atoms with Gasteiger partial charge in [-0.25, -0.2) is 0 Å². The maximum Gasteiger partial charge on any atom is 0.311 e. The van der Waals surface area contributed by atoms with E-state index in [9.17, 15) is 10.1 Å². The number of hydrogen-bond donors (Lipinski definition) is 0. The van der Waals surface area contributed by atoms with Gasteiger partial charge >= 0.3 is 5.69 Å². The first-order chi connectivity index (χ1) is 9.19. The molecule has 0 radical (unpaired) electrons. The number of benzene rings is 1. The van der Waals surface area contributed by atoms with Gasteiger partial charge in [-0.05, 0) is 30.9 Å². The topological polar surface area (TPSA) is 52.4 Å². The SMILES string of the molecule is CCc1ccc(OCCCCCCCl)c([N+](=O)[O-])c1. The lowest BCUT2D eigenvalue weighted by molar-refractivity contribution is -0.385. The van der Waals surface area contributed by atoms with E-state index in [-0.39, 0.29) is 10.6 Å². The average molecular weight is 286 g/mol. The average Bonchev–Trinajstić information content (AvgIpc) is 2.42. The van der Waals surface area contributed by atoms with Crippen molar-refractivity contribution < 1.29 is 9.66 Å². The van der Waals surface area contributed by atoms with Crippen LogP contribution in [-0.4, -0.2) is 17.4 Å². The van der Waals surface area contributed by atoms with Gasteiger partial charge < -0.3 is 4.74 Å². The summed E-state index contributed by atoms with van der Waals surface area (Å²) in [6.07, 6.45) is 4.79. The minimum atomic E-state index is -0.387. The summed E-state index contributed by atoms with van der Waals surface area (Å²) >= 11 is 5.59. The molecule has 0 saturated heterocycles. The molecule has 1 aromatic rings. The quantitative estimate of drug-likeness (QED) is 0.294. The number of alkyl halides is 1. The van der Waals surface area contributed by atoms with Gasteiger partial charge in [0.25, 0.3) is 0 Å². The molecule has 106 valence electrons. The van der Waals surface area contributed by atoms with Gasteiger partial charge in [0, 0.05) is 11.9 Å². The van der Waals surface area contributed by atoms with Crippen LogP contribution < -0.4 is 4.74 Å². The first-order valence-electron chi connectivity index (χ1n) is 6.65. The highest BCUT2D eigenvalue weighted by Gasteiger charge is 2.15. The van der Waals surface area contributed by atoms with Crippen LogP contribution in [0.1, 0.15) is 38.2 Å². The van der Waals surface area contributed by atoms with E-state index in [0.29, 0.717) is 18.2 Å². The highest BCUT2D eigenvalue weighted by atomic mass is 35.5. The number of unbranched alkanes of at least 4 members (excludes halogenated alkanes) is 3. The van der Waals surface area contributed by atoms with Crippen LogP contribution in [0.25, 0.3) is 0 Å². The van der Waals surface area contributed by atoms with Gasteiger partial charge in [-0.3, -0.25) is 10.1 Å². The lowest BCUT2D eigenvalue weighted by atomic mass is 10.1. The smallest absolute Gasteiger partial charge is 0.311 e. The first kappa shape index (κ1) is 15.8. The molecule has 0 N–H and O–H groups in total. The van der Waals surface area contributed by atoms with Crippen molar-refractivity contribution in [1.29, 1.82) is 0 Å². The summed E-state index contributed by atoms with van der Waals surface area (Å²) in [6, 6.07) is 5.15. The van der Waals surface area contributed by atoms with E-state index in [0.717, 1.165) is 37.7 Å². The molecule has 0 atom stereocenters. The molecule has 0 aliphatic heterocycles. The Morgan fingerprint density at radius 3 is 2.63 bits per heavy atom. The number of halogens is 1. The van der Waals surface area contributed by atoms with E-state index in [1.165, 1.54) is 0 Å². The van der Waals surface area contributed by atoms with Gasteiger partial charge in [-0.1, -0.05) is 25.8 Å². The van der Waals surface area contributed by atoms with Gasteiger partial charge in [0.05, 0.1) is 11.5 Å². The largest absolute Gasteiger partial charge is 0.487 e. The predicted octanol–water partition coefficient (Wildman–Crippen LogP) is 4.34. The number of nitrogens with zero attached hydrogens (tertiary/aromatic N) is 1. The summed E-state index contributed by atoms with van der Waals surface area (Å²) in [7, 11) is 0.